The first-order chi connectivity index (χ1) is 12.7. The Hall–Kier alpha value is -3.26. The molecule has 0 radical (unpaired) electrons. The number of hydrogen-bond donors (Lipinski definition) is 1. The van der Waals surface area contributed by atoms with Crippen molar-refractivity contribution in [1.29, 1.82) is 5.26 Å². The molecule has 0 saturated carbocycles. The molecule has 1 amide bonds. The van der Waals surface area contributed by atoms with Crippen LogP contribution in [0.25, 0.3) is 6.08 Å². The first kappa shape index (κ1) is 19.1. The van der Waals surface area contributed by atoms with Gasteiger partial charge in [-0.2, -0.15) is 5.26 Å². The number of nitriles is 1. The van der Waals surface area contributed by atoms with E-state index in [1.54, 1.807) is 31.4 Å². The Balaban J connectivity index is 1.95. The molecule has 0 unspecified atom stereocenters. The largest absolute Gasteiger partial charge is 0.493 e. The lowest BCUT2D eigenvalue weighted by molar-refractivity contribution is -0.116. The number of nitrogens with one attached hydrogen (secondary N) is 1. The molecule has 2 rings (SSSR count). The fourth-order valence-corrected chi connectivity index (χ4v) is 2.29. The van der Waals surface area contributed by atoms with Gasteiger partial charge in [-0.15, -0.1) is 0 Å². The van der Waals surface area contributed by atoms with E-state index in [2.05, 4.69) is 11.4 Å². The van der Waals surface area contributed by atoms with E-state index in [0.717, 1.165) is 17.5 Å². The molecule has 2 aromatic rings. The minimum absolute atomic E-state index is 0.211. The van der Waals surface area contributed by atoms with Gasteiger partial charge in [-0.05, 0) is 47.9 Å². The summed E-state index contributed by atoms with van der Waals surface area (Å²) in [4.78, 5) is 12.0. The summed E-state index contributed by atoms with van der Waals surface area (Å²) < 4.78 is 10.9. The van der Waals surface area contributed by atoms with Gasteiger partial charge in [-0.1, -0.05) is 25.1 Å². The van der Waals surface area contributed by atoms with Gasteiger partial charge in [0.05, 0.1) is 25.3 Å². The molecule has 0 saturated heterocycles. The number of ether oxygens (including phenoxy) is 2. The van der Waals surface area contributed by atoms with Crippen molar-refractivity contribution in [2.45, 2.75) is 19.9 Å². The van der Waals surface area contributed by atoms with Crippen LogP contribution >= 0.6 is 0 Å². The number of carbonyl (C=O) groups excluding carboxylic acids is 1. The normalized spacial score (nSPS) is 10.3. The maximum absolute atomic E-state index is 12.0. The smallest absolute Gasteiger partial charge is 0.244 e. The van der Waals surface area contributed by atoms with Crippen LogP contribution in [0, 0.1) is 11.3 Å². The van der Waals surface area contributed by atoms with Gasteiger partial charge < -0.3 is 14.8 Å². The molecule has 0 bridgehead atoms. The molecule has 5 heteroatoms. The molecular formula is C21H22N2O3. The fraction of sp³-hybridized carbons (Fsp3) is 0.238. The SMILES string of the molecule is CCCOc1ccc(/C=C/C(=O)NCc2cccc(C#N)c2)cc1OC. The van der Waals surface area contributed by atoms with E-state index in [-0.39, 0.29) is 5.91 Å². The summed E-state index contributed by atoms with van der Waals surface area (Å²) in [5.74, 6) is 1.11. The lowest BCUT2D eigenvalue weighted by atomic mass is 10.1. The van der Waals surface area contributed by atoms with Crippen molar-refractivity contribution in [2.75, 3.05) is 13.7 Å². The van der Waals surface area contributed by atoms with Crippen molar-refractivity contribution in [3.63, 3.8) is 0 Å². The van der Waals surface area contributed by atoms with E-state index in [0.29, 0.717) is 30.2 Å². The summed E-state index contributed by atoms with van der Waals surface area (Å²) >= 11 is 0. The highest BCUT2D eigenvalue weighted by Gasteiger charge is 2.05. The maximum atomic E-state index is 12.0. The number of benzene rings is 2. The van der Waals surface area contributed by atoms with Gasteiger partial charge in [-0.3, -0.25) is 4.79 Å². The van der Waals surface area contributed by atoms with Crippen molar-refractivity contribution in [2.24, 2.45) is 0 Å². The summed E-state index contributed by atoms with van der Waals surface area (Å²) in [5, 5.41) is 11.7. The maximum Gasteiger partial charge on any atom is 0.244 e. The van der Waals surface area contributed by atoms with Crippen LogP contribution in [0.1, 0.15) is 30.0 Å². The average Bonchev–Trinajstić information content (AvgIpc) is 2.69. The first-order valence-corrected chi connectivity index (χ1v) is 8.42. The minimum Gasteiger partial charge on any atom is -0.493 e. The highest BCUT2D eigenvalue weighted by atomic mass is 16.5. The molecule has 0 spiro atoms. The van der Waals surface area contributed by atoms with E-state index in [9.17, 15) is 4.79 Å². The average molecular weight is 350 g/mol. The van der Waals surface area contributed by atoms with Crippen LogP contribution in [-0.2, 0) is 11.3 Å². The predicted octanol–water partition coefficient (Wildman–Crippen LogP) is 3.69. The van der Waals surface area contributed by atoms with Gasteiger partial charge >= 0.3 is 0 Å². The van der Waals surface area contributed by atoms with E-state index in [4.69, 9.17) is 14.7 Å². The summed E-state index contributed by atoms with van der Waals surface area (Å²) in [5.41, 5.74) is 2.29. The highest BCUT2D eigenvalue weighted by Crippen LogP contribution is 2.28. The molecule has 26 heavy (non-hydrogen) atoms. The number of amides is 1. The van der Waals surface area contributed by atoms with Crippen LogP contribution in [0.2, 0.25) is 0 Å². The van der Waals surface area contributed by atoms with Crippen molar-refractivity contribution < 1.29 is 14.3 Å². The highest BCUT2D eigenvalue weighted by molar-refractivity contribution is 5.91. The molecular weight excluding hydrogens is 328 g/mol. The van der Waals surface area contributed by atoms with E-state index >= 15 is 0 Å². The zero-order valence-electron chi connectivity index (χ0n) is 15.0. The van der Waals surface area contributed by atoms with Crippen molar-refractivity contribution >= 4 is 12.0 Å². The molecule has 0 heterocycles. The van der Waals surface area contributed by atoms with Gasteiger partial charge in [0.1, 0.15) is 0 Å². The fourth-order valence-electron chi connectivity index (χ4n) is 2.29. The van der Waals surface area contributed by atoms with Crippen molar-refractivity contribution in [3.05, 3.63) is 65.2 Å². The van der Waals surface area contributed by atoms with E-state index in [1.807, 2.05) is 31.2 Å². The number of nitrogens with zero attached hydrogens (tertiary/aromatic N) is 1. The number of hydrogen-bond acceptors (Lipinski definition) is 4. The standard InChI is InChI=1S/C21H22N2O3/c1-3-11-26-19-9-7-16(13-20(19)25-2)8-10-21(24)23-15-18-6-4-5-17(12-18)14-22/h4-10,12-13H,3,11,15H2,1-2H3,(H,23,24)/b10-8+. The molecule has 1 N–H and O–H groups in total. The summed E-state index contributed by atoms with van der Waals surface area (Å²) in [7, 11) is 1.59. The Kier molecular flexibility index (Phi) is 7.26. The van der Waals surface area contributed by atoms with Gasteiger partial charge in [0.15, 0.2) is 11.5 Å². The lowest BCUT2D eigenvalue weighted by Crippen LogP contribution is -2.20. The van der Waals surface area contributed by atoms with Crippen LogP contribution in [0.5, 0.6) is 11.5 Å². The quantitative estimate of drug-likeness (QED) is 0.737. The van der Waals surface area contributed by atoms with Crippen LogP contribution in [0.15, 0.2) is 48.5 Å². The Labute approximate surface area is 153 Å². The third kappa shape index (κ3) is 5.67. The van der Waals surface area contributed by atoms with Crippen LogP contribution in [0.4, 0.5) is 0 Å². The second kappa shape index (κ2) is 9.90. The molecule has 2 aromatic carbocycles. The second-order valence-electron chi connectivity index (χ2n) is 5.62. The third-order valence-electron chi connectivity index (χ3n) is 3.60. The first-order valence-electron chi connectivity index (χ1n) is 8.42. The van der Waals surface area contributed by atoms with Gasteiger partial charge in [0.25, 0.3) is 0 Å². The predicted molar refractivity (Wildman–Crippen MR) is 101 cm³/mol. The second-order valence-corrected chi connectivity index (χ2v) is 5.62. The topological polar surface area (TPSA) is 71.3 Å². The van der Waals surface area contributed by atoms with E-state index in [1.165, 1.54) is 6.08 Å². The van der Waals surface area contributed by atoms with Crippen molar-refractivity contribution in [1.82, 2.24) is 5.32 Å². The van der Waals surface area contributed by atoms with Crippen LogP contribution in [-0.4, -0.2) is 19.6 Å². The summed E-state index contributed by atoms with van der Waals surface area (Å²) in [6.45, 7) is 3.03. The Bertz CT molecular complexity index is 822. The molecule has 0 fully saturated rings. The van der Waals surface area contributed by atoms with Crippen molar-refractivity contribution in [3.8, 4) is 17.6 Å². The molecule has 0 aliphatic heterocycles. The zero-order valence-corrected chi connectivity index (χ0v) is 15.0. The Morgan fingerprint density at radius 2 is 2.08 bits per heavy atom. The van der Waals surface area contributed by atoms with Gasteiger partial charge in [0, 0.05) is 12.6 Å². The molecule has 0 aliphatic carbocycles. The summed E-state index contributed by atoms with van der Waals surface area (Å²) in [6, 6.07) is 14.8. The number of methoxy groups -OCH3 is 1. The number of carbonyl (C=O) groups is 1. The Morgan fingerprint density at radius 1 is 1.23 bits per heavy atom. The molecule has 5 nitrogen and oxygen atoms in total. The molecule has 0 aliphatic rings. The van der Waals surface area contributed by atoms with Crippen LogP contribution in [0.3, 0.4) is 0 Å². The zero-order chi connectivity index (χ0) is 18.8. The monoisotopic (exact) mass is 350 g/mol. The molecule has 134 valence electrons. The lowest BCUT2D eigenvalue weighted by Gasteiger charge is -2.10. The summed E-state index contributed by atoms with van der Waals surface area (Å²) in [6.07, 6.45) is 4.10. The Morgan fingerprint density at radius 3 is 2.81 bits per heavy atom. The van der Waals surface area contributed by atoms with E-state index < -0.39 is 0 Å². The molecule has 0 aromatic heterocycles. The van der Waals surface area contributed by atoms with Gasteiger partial charge in [0.2, 0.25) is 5.91 Å². The number of rotatable bonds is 8. The van der Waals surface area contributed by atoms with Crippen LogP contribution < -0.4 is 14.8 Å². The third-order valence-corrected chi connectivity index (χ3v) is 3.60. The van der Waals surface area contributed by atoms with Gasteiger partial charge in [-0.25, -0.2) is 0 Å². The molecule has 0 atom stereocenters. The minimum atomic E-state index is -0.211.